The van der Waals surface area contributed by atoms with Gasteiger partial charge in [-0.25, -0.2) is 0 Å². The Kier molecular flexibility index (Phi) is 3.35. The van der Waals surface area contributed by atoms with E-state index in [1.54, 1.807) is 0 Å². The van der Waals surface area contributed by atoms with Gasteiger partial charge >= 0.3 is 0 Å². The van der Waals surface area contributed by atoms with Crippen LogP contribution >= 0.6 is 15.9 Å². The number of ketones is 1. The van der Waals surface area contributed by atoms with E-state index in [0.717, 1.165) is 56.4 Å². The number of aromatic amines is 1. The summed E-state index contributed by atoms with van der Waals surface area (Å²) in [6.45, 7) is 0. The number of halogens is 1. The molecule has 5 rings (SSSR count). The molecule has 1 unspecified atom stereocenters. The predicted molar refractivity (Wildman–Crippen MR) is 101 cm³/mol. The van der Waals surface area contributed by atoms with Crippen molar-refractivity contribution in [1.29, 1.82) is 0 Å². The first-order valence-corrected chi connectivity index (χ1v) is 9.31. The van der Waals surface area contributed by atoms with Crippen LogP contribution in [0, 0.1) is 0 Å². The zero-order chi connectivity index (χ0) is 17.0. The molecule has 1 aromatic heterocycles. The zero-order valence-corrected chi connectivity index (χ0v) is 15.1. The van der Waals surface area contributed by atoms with Crippen LogP contribution in [0.1, 0.15) is 36.3 Å². The molecule has 25 heavy (non-hydrogen) atoms. The van der Waals surface area contributed by atoms with Crippen molar-refractivity contribution in [1.82, 2.24) is 4.98 Å². The minimum atomic E-state index is -0.0831. The molecular weight excluding hydrogens is 378 g/mol. The Bertz CT molecular complexity index is 1050. The number of nitrogens with one attached hydrogen (secondary N) is 1. The van der Waals surface area contributed by atoms with Crippen molar-refractivity contribution in [2.24, 2.45) is 0 Å². The minimum absolute atomic E-state index is 0.0831. The fourth-order valence-corrected chi connectivity index (χ4v) is 4.42. The molecule has 2 heterocycles. The van der Waals surface area contributed by atoms with E-state index < -0.39 is 0 Å². The number of allylic oxidation sites excluding steroid dienone is 2. The number of H-pyrrole nitrogens is 1. The quantitative estimate of drug-likeness (QED) is 0.596. The summed E-state index contributed by atoms with van der Waals surface area (Å²) in [5, 5.41) is 1.16. The molecule has 4 heteroatoms. The highest BCUT2D eigenvalue weighted by Crippen LogP contribution is 2.48. The third-order valence-corrected chi connectivity index (χ3v) is 5.64. The van der Waals surface area contributed by atoms with E-state index in [2.05, 4.69) is 39.1 Å². The first kappa shape index (κ1) is 15.0. The SMILES string of the molecule is O=C1CCCC2=C1C(c1c[nH]c3ccccc13)c1cc(Br)ccc1O2. The Hall–Kier alpha value is -2.33. The summed E-state index contributed by atoms with van der Waals surface area (Å²) in [5.41, 5.74) is 4.11. The molecule has 3 nitrogen and oxygen atoms in total. The van der Waals surface area contributed by atoms with E-state index in [1.165, 1.54) is 0 Å². The summed E-state index contributed by atoms with van der Waals surface area (Å²) in [6, 6.07) is 14.3. The molecule has 0 radical (unpaired) electrons. The molecule has 1 aliphatic heterocycles. The number of benzene rings is 2. The zero-order valence-electron chi connectivity index (χ0n) is 13.5. The van der Waals surface area contributed by atoms with Crippen molar-refractivity contribution >= 4 is 32.6 Å². The van der Waals surface area contributed by atoms with Crippen molar-refractivity contribution in [2.45, 2.75) is 25.2 Å². The lowest BCUT2D eigenvalue weighted by Gasteiger charge is -2.32. The number of aromatic nitrogens is 1. The van der Waals surface area contributed by atoms with Gasteiger partial charge in [0.05, 0.1) is 0 Å². The molecule has 1 N–H and O–H groups in total. The highest BCUT2D eigenvalue weighted by atomic mass is 79.9. The van der Waals surface area contributed by atoms with Gasteiger partial charge < -0.3 is 9.72 Å². The molecule has 0 fully saturated rings. The number of Topliss-reactive ketones (excluding diaryl/α,β-unsaturated/α-hetero) is 1. The van der Waals surface area contributed by atoms with E-state index in [4.69, 9.17) is 4.74 Å². The summed E-state index contributed by atoms with van der Waals surface area (Å²) >= 11 is 3.57. The van der Waals surface area contributed by atoms with Crippen LogP contribution < -0.4 is 4.74 Å². The van der Waals surface area contributed by atoms with E-state index >= 15 is 0 Å². The van der Waals surface area contributed by atoms with Crippen LogP contribution in [0.3, 0.4) is 0 Å². The average molecular weight is 394 g/mol. The molecule has 2 aromatic carbocycles. The standard InChI is InChI=1S/C21H16BrNO2/c22-12-8-9-18-14(10-12)20(21-17(24)6-3-7-19(21)25-18)15-11-23-16-5-2-1-4-13(15)16/h1-2,4-5,8-11,20,23H,3,6-7H2. The van der Waals surface area contributed by atoms with Crippen molar-refractivity contribution in [2.75, 3.05) is 0 Å². The molecular formula is C21H16BrNO2. The van der Waals surface area contributed by atoms with Gasteiger partial charge in [-0.3, -0.25) is 4.79 Å². The summed E-state index contributed by atoms with van der Waals surface area (Å²) in [6.07, 6.45) is 4.34. The number of hydrogen-bond donors (Lipinski definition) is 1. The van der Waals surface area contributed by atoms with Crippen molar-refractivity contribution < 1.29 is 9.53 Å². The number of para-hydroxylation sites is 1. The van der Waals surface area contributed by atoms with Gasteiger partial charge in [-0.15, -0.1) is 0 Å². The predicted octanol–water partition coefficient (Wildman–Crippen LogP) is 5.46. The lowest BCUT2D eigenvalue weighted by molar-refractivity contribution is -0.116. The first-order chi connectivity index (χ1) is 12.2. The third-order valence-electron chi connectivity index (χ3n) is 5.15. The summed E-state index contributed by atoms with van der Waals surface area (Å²) in [5.74, 6) is 1.83. The monoisotopic (exact) mass is 393 g/mol. The molecule has 1 atom stereocenters. The molecule has 124 valence electrons. The molecule has 0 amide bonds. The Morgan fingerprint density at radius 3 is 2.88 bits per heavy atom. The van der Waals surface area contributed by atoms with Crippen molar-refractivity contribution in [3.63, 3.8) is 0 Å². The van der Waals surface area contributed by atoms with Crippen LogP contribution in [-0.4, -0.2) is 10.8 Å². The number of rotatable bonds is 1. The van der Waals surface area contributed by atoms with Gasteiger partial charge in [0, 0.05) is 51.5 Å². The Morgan fingerprint density at radius 2 is 1.96 bits per heavy atom. The van der Waals surface area contributed by atoms with Crippen LogP contribution in [0.15, 0.2) is 64.5 Å². The van der Waals surface area contributed by atoms with Gasteiger partial charge in [0.25, 0.3) is 0 Å². The largest absolute Gasteiger partial charge is 0.461 e. The van der Waals surface area contributed by atoms with Crippen LogP contribution in [0.4, 0.5) is 0 Å². The van der Waals surface area contributed by atoms with Gasteiger partial charge in [-0.05, 0) is 36.2 Å². The second-order valence-electron chi connectivity index (χ2n) is 6.62. The number of fused-ring (bicyclic) bond motifs is 2. The van der Waals surface area contributed by atoms with Gasteiger partial charge in [0.1, 0.15) is 11.5 Å². The van der Waals surface area contributed by atoms with Crippen LogP contribution in [0.5, 0.6) is 5.75 Å². The summed E-state index contributed by atoms with van der Waals surface area (Å²) in [7, 11) is 0. The maximum Gasteiger partial charge on any atom is 0.163 e. The van der Waals surface area contributed by atoms with Crippen molar-refractivity contribution in [3.05, 3.63) is 75.6 Å². The van der Waals surface area contributed by atoms with Gasteiger partial charge in [0.15, 0.2) is 5.78 Å². The molecule has 0 spiro atoms. The lowest BCUT2D eigenvalue weighted by atomic mass is 9.77. The smallest absolute Gasteiger partial charge is 0.163 e. The second-order valence-corrected chi connectivity index (χ2v) is 7.54. The van der Waals surface area contributed by atoms with E-state index in [0.29, 0.717) is 6.42 Å². The van der Waals surface area contributed by atoms with Crippen LogP contribution in [-0.2, 0) is 4.79 Å². The Labute approximate surface area is 153 Å². The molecule has 2 aliphatic rings. The average Bonchev–Trinajstić information content (AvgIpc) is 3.04. The number of hydrogen-bond acceptors (Lipinski definition) is 2. The highest BCUT2D eigenvalue weighted by Gasteiger charge is 2.37. The second kappa shape index (κ2) is 5.60. The third kappa shape index (κ3) is 2.28. The Morgan fingerprint density at radius 1 is 1.08 bits per heavy atom. The van der Waals surface area contributed by atoms with Crippen molar-refractivity contribution in [3.8, 4) is 5.75 Å². The highest BCUT2D eigenvalue weighted by molar-refractivity contribution is 9.10. The van der Waals surface area contributed by atoms with Gasteiger partial charge in [-0.1, -0.05) is 34.1 Å². The van der Waals surface area contributed by atoms with Crippen LogP contribution in [0.25, 0.3) is 10.9 Å². The number of ether oxygens (including phenoxy) is 1. The van der Waals surface area contributed by atoms with E-state index in [-0.39, 0.29) is 11.7 Å². The number of carbonyl (C=O) groups is 1. The summed E-state index contributed by atoms with van der Waals surface area (Å²) < 4.78 is 7.12. The van der Waals surface area contributed by atoms with Gasteiger partial charge in [0.2, 0.25) is 0 Å². The normalized spacial score (nSPS) is 19.6. The first-order valence-electron chi connectivity index (χ1n) is 8.52. The fourth-order valence-electron chi connectivity index (χ4n) is 4.04. The molecule has 3 aromatic rings. The lowest BCUT2D eigenvalue weighted by Crippen LogP contribution is -2.25. The maximum atomic E-state index is 12.8. The molecule has 0 bridgehead atoms. The topological polar surface area (TPSA) is 42.1 Å². The molecule has 1 aliphatic carbocycles. The van der Waals surface area contributed by atoms with E-state index in [9.17, 15) is 4.79 Å². The Balaban J connectivity index is 1.81. The summed E-state index contributed by atoms with van der Waals surface area (Å²) in [4.78, 5) is 16.2. The maximum absolute atomic E-state index is 12.8. The van der Waals surface area contributed by atoms with E-state index in [1.807, 2.05) is 30.5 Å². The van der Waals surface area contributed by atoms with Gasteiger partial charge in [-0.2, -0.15) is 0 Å². The number of carbonyl (C=O) groups excluding carboxylic acids is 1. The molecule has 0 saturated heterocycles. The van der Waals surface area contributed by atoms with Crippen LogP contribution in [0.2, 0.25) is 0 Å². The fraction of sp³-hybridized carbons (Fsp3) is 0.190. The molecule has 0 saturated carbocycles. The minimum Gasteiger partial charge on any atom is -0.461 e.